The lowest BCUT2D eigenvalue weighted by atomic mass is 9.68. The summed E-state index contributed by atoms with van der Waals surface area (Å²) in [6.45, 7) is 6.45. The van der Waals surface area contributed by atoms with E-state index in [1.165, 1.54) is 0 Å². The van der Waals surface area contributed by atoms with Gasteiger partial charge in [0.1, 0.15) is 0 Å². The van der Waals surface area contributed by atoms with Crippen LogP contribution in [0.5, 0.6) is 0 Å². The maximum Gasteiger partial charge on any atom is 0.280 e. The number of hydrogen-bond donors (Lipinski definition) is 0. The van der Waals surface area contributed by atoms with Gasteiger partial charge >= 0.3 is 0 Å². The Morgan fingerprint density at radius 3 is 1.71 bits per heavy atom. The summed E-state index contributed by atoms with van der Waals surface area (Å²) in [6, 6.07) is 0. The lowest BCUT2D eigenvalue weighted by Crippen LogP contribution is -2.09. The van der Waals surface area contributed by atoms with Gasteiger partial charge in [-0.1, -0.05) is 20.8 Å². The van der Waals surface area contributed by atoms with Crippen molar-refractivity contribution in [3.05, 3.63) is 0 Å². The Labute approximate surface area is 46.3 Å². The molecule has 0 aliphatic carbocycles. The van der Waals surface area contributed by atoms with E-state index in [1.54, 1.807) is 7.11 Å². The Morgan fingerprint density at radius 1 is 1.29 bits per heavy atom. The predicted octanol–water partition coefficient (Wildman–Crippen LogP) is 1.20. The largest absolute Gasteiger partial charge is 0.442 e. The van der Waals surface area contributed by atoms with E-state index in [2.05, 4.69) is 20.8 Å². The molecule has 0 heterocycles. The third kappa shape index (κ3) is 6.02. The van der Waals surface area contributed by atoms with Crippen molar-refractivity contribution in [3.8, 4) is 0 Å². The van der Waals surface area contributed by atoms with Crippen molar-refractivity contribution < 1.29 is 4.65 Å². The first kappa shape index (κ1) is 7.02. The molecule has 7 heavy (non-hydrogen) atoms. The highest BCUT2D eigenvalue weighted by molar-refractivity contribution is 6.31. The third-order valence-corrected chi connectivity index (χ3v) is 0.577. The van der Waals surface area contributed by atoms with Crippen LogP contribution in [0.15, 0.2) is 0 Å². The van der Waals surface area contributed by atoms with Crippen LogP contribution in [0.3, 0.4) is 0 Å². The lowest BCUT2D eigenvalue weighted by Gasteiger charge is -2.12. The van der Waals surface area contributed by atoms with E-state index in [0.29, 0.717) is 5.31 Å². The molecule has 0 spiro atoms. The van der Waals surface area contributed by atoms with E-state index in [-0.39, 0.29) is 0 Å². The van der Waals surface area contributed by atoms with E-state index < -0.39 is 0 Å². The predicted molar refractivity (Wildman–Crippen MR) is 33.9 cm³/mol. The van der Waals surface area contributed by atoms with Crippen LogP contribution < -0.4 is 0 Å². The molecule has 0 atom stereocenters. The Kier molecular flexibility index (Phi) is 2.37. The van der Waals surface area contributed by atoms with Crippen molar-refractivity contribution in [2.75, 3.05) is 7.11 Å². The standard InChI is InChI=1S/C5H13BO/c1-5(2,3)6-7-4/h6H,1-4H3. The molecule has 0 aromatic heterocycles. The molecule has 0 N–H and O–H groups in total. The van der Waals surface area contributed by atoms with E-state index in [0.717, 1.165) is 7.48 Å². The van der Waals surface area contributed by atoms with Gasteiger partial charge in [-0.2, -0.15) is 0 Å². The van der Waals surface area contributed by atoms with Gasteiger partial charge in [-0.25, -0.2) is 0 Å². The molecule has 0 aliphatic rings. The van der Waals surface area contributed by atoms with Crippen LogP contribution in [0.2, 0.25) is 5.31 Å². The Morgan fingerprint density at radius 2 is 1.71 bits per heavy atom. The second-order valence-corrected chi connectivity index (χ2v) is 2.99. The summed E-state index contributed by atoms with van der Waals surface area (Å²) >= 11 is 0. The monoisotopic (exact) mass is 100 g/mol. The smallest absolute Gasteiger partial charge is 0.280 e. The minimum Gasteiger partial charge on any atom is -0.442 e. The molecule has 1 nitrogen and oxygen atoms in total. The average Bonchev–Trinajstić information content (AvgIpc) is 1.30. The van der Waals surface area contributed by atoms with Crippen molar-refractivity contribution >= 4 is 7.48 Å². The van der Waals surface area contributed by atoms with Crippen LogP contribution in [-0.4, -0.2) is 14.6 Å². The summed E-state index contributed by atoms with van der Waals surface area (Å²) in [6.07, 6.45) is 0. The summed E-state index contributed by atoms with van der Waals surface area (Å²) in [4.78, 5) is 0. The van der Waals surface area contributed by atoms with E-state index in [9.17, 15) is 0 Å². The Bertz CT molecular complexity index is 46.5. The fraction of sp³-hybridized carbons (Fsp3) is 1.00. The minimum absolute atomic E-state index is 0.328. The van der Waals surface area contributed by atoms with Crippen LogP contribution in [0.4, 0.5) is 0 Å². The first-order chi connectivity index (χ1) is 3.06. The van der Waals surface area contributed by atoms with Gasteiger partial charge in [0.05, 0.1) is 0 Å². The normalized spacial score (nSPS) is 11.4. The van der Waals surface area contributed by atoms with Crippen molar-refractivity contribution in [2.24, 2.45) is 0 Å². The van der Waals surface area contributed by atoms with Crippen LogP contribution in [0.25, 0.3) is 0 Å². The molecule has 0 saturated heterocycles. The molecule has 0 saturated carbocycles. The van der Waals surface area contributed by atoms with Gasteiger partial charge in [-0.05, 0) is 5.31 Å². The van der Waals surface area contributed by atoms with Gasteiger partial charge in [0.2, 0.25) is 0 Å². The summed E-state index contributed by atoms with van der Waals surface area (Å²) in [7, 11) is 2.57. The van der Waals surface area contributed by atoms with Crippen LogP contribution in [0, 0.1) is 0 Å². The first-order valence-electron chi connectivity index (χ1n) is 2.55. The number of rotatable bonds is 1. The molecular formula is C5H13BO. The fourth-order valence-electron chi connectivity index (χ4n) is 0.433. The molecule has 0 radical (unpaired) electrons. The third-order valence-electron chi connectivity index (χ3n) is 0.577. The summed E-state index contributed by atoms with van der Waals surface area (Å²) in [5.41, 5.74) is 0. The van der Waals surface area contributed by atoms with Crippen LogP contribution >= 0.6 is 0 Å². The topological polar surface area (TPSA) is 9.23 Å². The maximum atomic E-state index is 4.91. The zero-order valence-corrected chi connectivity index (χ0v) is 5.62. The van der Waals surface area contributed by atoms with Gasteiger partial charge in [0.15, 0.2) is 0 Å². The molecule has 0 fully saturated rings. The van der Waals surface area contributed by atoms with Crippen LogP contribution in [-0.2, 0) is 4.65 Å². The van der Waals surface area contributed by atoms with Gasteiger partial charge in [0.25, 0.3) is 7.48 Å². The Balaban J connectivity index is 3.15. The second kappa shape index (κ2) is 2.36. The van der Waals surface area contributed by atoms with Crippen molar-refractivity contribution in [3.63, 3.8) is 0 Å². The molecule has 0 unspecified atom stereocenters. The van der Waals surface area contributed by atoms with E-state index in [1.807, 2.05) is 0 Å². The molecule has 0 aromatic rings. The highest BCUT2D eigenvalue weighted by Crippen LogP contribution is 2.18. The fourth-order valence-corrected chi connectivity index (χ4v) is 0.433. The lowest BCUT2D eigenvalue weighted by molar-refractivity contribution is 0.416. The molecular weight excluding hydrogens is 86.9 g/mol. The maximum absolute atomic E-state index is 4.91. The Hall–Kier alpha value is 0.0249. The molecule has 2 heteroatoms. The molecule has 0 amide bonds. The average molecular weight is 100.0 g/mol. The highest BCUT2D eigenvalue weighted by atomic mass is 16.4. The quantitative estimate of drug-likeness (QED) is 0.450. The zero-order valence-electron chi connectivity index (χ0n) is 5.62. The van der Waals surface area contributed by atoms with Gasteiger partial charge in [-0.15, -0.1) is 0 Å². The summed E-state index contributed by atoms with van der Waals surface area (Å²) in [5.74, 6) is 0. The molecule has 0 bridgehead atoms. The summed E-state index contributed by atoms with van der Waals surface area (Å²) < 4.78 is 4.91. The first-order valence-corrected chi connectivity index (χ1v) is 2.55. The molecule has 0 rings (SSSR count). The summed E-state index contributed by atoms with van der Waals surface area (Å²) in [5, 5.41) is 0.328. The van der Waals surface area contributed by atoms with Crippen molar-refractivity contribution in [1.29, 1.82) is 0 Å². The van der Waals surface area contributed by atoms with Crippen molar-refractivity contribution in [2.45, 2.75) is 26.1 Å². The second-order valence-electron chi connectivity index (χ2n) is 2.99. The highest BCUT2D eigenvalue weighted by Gasteiger charge is 2.10. The number of hydrogen-bond acceptors (Lipinski definition) is 1. The van der Waals surface area contributed by atoms with Gasteiger partial charge in [0, 0.05) is 7.11 Å². The van der Waals surface area contributed by atoms with E-state index >= 15 is 0 Å². The minimum atomic E-state index is 0.328. The van der Waals surface area contributed by atoms with E-state index in [4.69, 9.17) is 4.65 Å². The molecule has 0 aliphatic heterocycles. The van der Waals surface area contributed by atoms with Gasteiger partial charge < -0.3 is 4.65 Å². The molecule has 42 valence electrons. The van der Waals surface area contributed by atoms with Crippen LogP contribution in [0.1, 0.15) is 20.8 Å². The SMILES string of the molecule is COBC(C)(C)C. The van der Waals surface area contributed by atoms with Crippen molar-refractivity contribution in [1.82, 2.24) is 0 Å². The van der Waals surface area contributed by atoms with Gasteiger partial charge in [-0.3, -0.25) is 0 Å². The molecule has 0 aromatic carbocycles. The zero-order chi connectivity index (χ0) is 5.91.